The van der Waals surface area contributed by atoms with Crippen molar-refractivity contribution in [1.82, 2.24) is 30.0 Å². The van der Waals surface area contributed by atoms with Crippen LogP contribution in [0.25, 0.3) is 5.82 Å². The molecule has 0 saturated carbocycles. The fourth-order valence-corrected chi connectivity index (χ4v) is 1.82. The lowest BCUT2D eigenvalue weighted by atomic mass is 10.2. The molecule has 0 fully saturated rings. The predicted molar refractivity (Wildman–Crippen MR) is 77.4 cm³/mol. The van der Waals surface area contributed by atoms with Gasteiger partial charge < -0.3 is 10.3 Å². The first kappa shape index (κ1) is 13.7. The van der Waals surface area contributed by atoms with Gasteiger partial charge in [-0.25, -0.2) is 14.6 Å². The molecule has 3 aromatic rings. The van der Waals surface area contributed by atoms with Crippen molar-refractivity contribution in [3.63, 3.8) is 0 Å². The predicted octanol–water partition coefficient (Wildman–Crippen LogP) is 0.281. The van der Waals surface area contributed by atoms with Crippen molar-refractivity contribution in [2.24, 2.45) is 0 Å². The number of pyridine rings is 2. The summed E-state index contributed by atoms with van der Waals surface area (Å²) < 4.78 is 1.54. The Balaban J connectivity index is 1.63. The second-order valence-electron chi connectivity index (χ2n) is 4.49. The lowest BCUT2D eigenvalue weighted by Crippen LogP contribution is -2.23. The van der Waals surface area contributed by atoms with Gasteiger partial charge in [0.05, 0.1) is 5.56 Å². The van der Waals surface area contributed by atoms with Crippen LogP contribution in [0.2, 0.25) is 0 Å². The van der Waals surface area contributed by atoms with Gasteiger partial charge in [-0.15, -0.1) is 0 Å². The SMILES string of the molecule is O=C(NCc1ccc(-n2cncn2)nc1)c1ccc(=O)[nH]c1. The Kier molecular flexibility index (Phi) is 3.73. The molecule has 0 aliphatic carbocycles. The van der Waals surface area contributed by atoms with Gasteiger partial charge >= 0.3 is 0 Å². The van der Waals surface area contributed by atoms with E-state index in [2.05, 4.69) is 25.4 Å². The average molecular weight is 296 g/mol. The highest BCUT2D eigenvalue weighted by molar-refractivity contribution is 5.93. The van der Waals surface area contributed by atoms with Gasteiger partial charge in [-0.05, 0) is 17.7 Å². The highest BCUT2D eigenvalue weighted by Gasteiger charge is 2.05. The van der Waals surface area contributed by atoms with E-state index in [0.29, 0.717) is 17.9 Å². The van der Waals surface area contributed by atoms with Crippen LogP contribution >= 0.6 is 0 Å². The van der Waals surface area contributed by atoms with Gasteiger partial charge in [0.15, 0.2) is 5.82 Å². The molecule has 0 bridgehead atoms. The fourth-order valence-electron chi connectivity index (χ4n) is 1.82. The Labute approximate surface area is 124 Å². The number of hydrogen-bond acceptors (Lipinski definition) is 5. The Morgan fingerprint density at radius 2 is 2.18 bits per heavy atom. The van der Waals surface area contributed by atoms with Crippen molar-refractivity contribution < 1.29 is 4.79 Å². The van der Waals surface area contributed by atoms with E-state index in [1.807, 2.05) is 6.07 Å². The molecule has 8 heteroatoms. The minimum atomic E-state index is -0.267. The van der Waals surface area contributed by atoms with Crippen molar-refractivity contribution in [3.8, 4) is 5.82 Å². The first-order valence-corrected chi connectivity index (χ1v) is 6.49. The van der Waals surface area contributed by atoms with E-state index in [0.717, 1.165) is 5.56 Å². The van der Waals surface area contributed by atoms with Gasteiger partial charge in [-0.2, -0.15) is 5.10 Å². The molecule has 8 nitrogen and oxygen atoms in total. The molecule has 2 N–H and O–H groups in total. The van der Waals surface area contributed by atoms with Crippen molar-refractivity contribution >= 4 is 5.91 Å². The molecular weight excluding hydrogens is 284 g/mol. The maximum Gasteiger partial charge on any atom is 0.253 e. The molecule has 0 unspecified atom stereocenters. The first-order chi connectivity index (χ1) is 10.7. The number of nitrogens with zero attached hydrogens (tertiary/aromatic N) is 4. The number of carbonyl (C=O) groups excluding carboxylic acids is 1. The summed E-state index contributed by atoms with van der Waals surface area (Å²) in [5, 5.41) is 6.73. The van der Waals surface area contributed by atoms with Crippen LogP contribution < -0.4 is 10.9 Å². The molecular formula is C14H12N6O2. The third kappa shape index (κ3) is 3.06. The molecule has 22 heavy (non-hydrogen) atoms. The Bertz CT molecular complexity index is 803. The largest absolute Gasteiger partial charge is 0.348 e. The number of nitrogens with one attached hydrogen (secondary N) is 2. The molecule has 3 rings (SSSR count). The van der Waals surface area contributed by atoms with Crippen molar-refractivity contribution in [1.29, 1.82) is 0 Å². The normalized spacial score (nSPS) is 10.4. The van der Waals surface area contributed by atoms with Gasteiger partial charge in [0, 0.05) is 25.0 Å². The minimum Gasteiger partial charge on any atom is -0.348 e. The van der Waals surface area contributed by atoms with E-state index < -0.39 is 0 Å². The zero-order valence-corrected chi connectivity index (χ0v) is 11.4. The van der Waals surface area contributed by atoms with E-state index in [9.17, 15) is 9.59 Å². The molecule has 0 aliphatic heterocycles. The summed E-state index contributed by atoms with van der Waals surface area (Å²) >= 11 is 0. The van der Waals surface area contributed by atoms with Crippen LogP contribution in [0.4, 0.5) is 0 Å². The zero-order valence-electron chi connectivity index (χ0n) is 11.4. The number of rotatable bonds is 4. The lowest BCUT2D eigenvalue weighted by molar-refractivity contribution is 0.0950. The van der Waals surface area contributed by atoms with E-state index in [4.69, 9.17) is 0 Å². The van der Waals surface area contributed by atoms with Gasteiger partial charge in [-0.1, -0.05) is 6.07 Å². The molecule has 0 spiro atoms. The molecule has 1 amide bonds. The van der Waals surface area contributed by atoms with Gasteiger partial charge in [-0.3, -0.25) is 9.59 Å². The molecule has 0 aromatic carbocycles. The Morgan fingerprint density at radius 3 is 2.82 bits per heavy atom. The highest BCUT2D eigenvalue weighted by Crippen LogP contribution is 2.04. The summed E-state index contributed by atoms with van der Waals surface area (Å²) in [5.74, 6) is 0.379. The van der Waals surface area contributed by atoms with Gasteiger partial charge in [0.2, 0.25) is 5.56 Å². The second-order valence-corrected chi connectivity index (χ2v) is 4.49. The van der Waals surface area contributed by atoms with Crippen LogP contribution in [0.1, 0.15) is 15.9 Å². The van der Waals surface area contributed by atoms with E-state index in [-0.39, 0.29) is 11.5 Å². The quantitative estimate of drug-likeness (QED) is 0.719. The van der Waals surface area contributed by atoms with Crippen LogP contribution in [-0.2, 0) is 6.54 Å². The lowest BCUT2D eigenvalue weighted by Gasteiger charge is -2.06. The Hall–Kier alpha value is -3.29. The van der Waals surface area contributed by atoms with E-state index in [1.54, 1.807) is 23.3 Å². The monoisotopic (exact) mass is 296 g/mol. The molecule has 0 aliphatic rings. The summed E-state index contributed by atoms with van der Waals surface area (Å²) in [4.78, 5) is 33.4. The van der Waals surface area contributed by atoms with Crippen LogP contribution in [-0.4, -0.2) is 30.6 Å². The molecule has 3 heterocycles. The van der Waals surface area contributed by atoms with Crippen molar-refractivity contribution in [3.05, 3.63) is 70.8 Å². The summed E-state index contributed by atoms with van der Waals surface area (Å²) in [6, 6.07) is 6.41. The van der Waals surface area contributed by atoms with Gasteiger partial charge in [0.1, 0.15) is 12.7 Å². The topological polar surface area (TPSA) is 106 Å². The van der Waals surface area contributed by atoms with Crippen LogP contribution in [0, 0.1) is 0 Å². The van der Waals surface area contributed by atoms with E-state index in [1.165, 1.54) is 24.7 Å². The standard InChI is InChI=1S/C14H12N6O2/c21-13-4-2-11(7-17-13)14(22)18-6-10-1-3-12(16-5-10)20-9-15-8-19-20/h1-5,7-9H,6H2,(H,17,21)(H,18,22). The number of aromatic amines is 1. The zero-order chi connectivity index (χ0) is 15.4. The van der Waals surface area contributed by atoms with Crippen LogP contribution in [0.5, 0.6) is 0 Å². The van der Waals surface area contributed by atoms with E-state index >= 15 is 0 Å². The first-order valence-electron chi connectivity index (χ1n) is 6.49. The number of amides is 1. The highest BCUT2D eigenvalue weighted by atomic mass is 16.1. The second kappa shape index (κ2) is 6.00. The van der Waals surface area contributed by atoms with Crippen LogP contribution in [0.15, 0.2) is 54.1 Å². The Morgan fingerprint density at radius 1 is 1.27 bits per heavy atom. The molecule has 0 saturated heterocycles. The molecule has 0 atom stereocenters. The summed E-state index contributed by atoms with van der Waals surface area (Å²) in [5.41, 5.74) is 0.998. The molecule has 3 aromatic heterocycles. The maximum atomic E-state index is 11.9. The smallest absolute Gasteiger partial charge is 0.253 e. The number of hydrogen-bond donors (Lipinski definition) is 2. The number of H-pyrrole nitrogens is 1. The summed E-state index contributed by atoms with van der Waals surface area (Å²) in [6.45, 7) is 0.336. The molecule has 110 valence electrons. The average Bonchev–Trinajstić information content (AvgIpc) is 3.08. The third-order valence-electron chi connectivity index (χ3n) is 2.96. The van der Waals surface area contributed by atoms with Crippen molar-refractivity contribution in [2.45, 2.75) is 6.54 Å². The number of aromatic nitrogens is 5. The number of carbonyl (C=O) groups is 1. The third-order valence-corrected chi connectivity index (χ3v) is 2.96. The summed E-state index contributed by atoms with van der Waals surface area (Å²) in [6.07, 6.45) is 6.02. The van der Waals surface area contributed by atoms with Crippen LogP contribution in [0.3, 0.4) is 0 Å². The fraction of sp³-hybridized carbons (Fsp3) is 0.0714. The maximum absolute atomic E-state index is 11.9. The summed E-state index contributed by atoms with van der Waals surface area (Å²) in [7, 11) is 0. The van der Waals surface area contributed by atoms with Crippen molar-refractivity contribution in [2.75, 3.05) is 0 Å². The van der Waals surface area contributed by atoms with Gasteiger partial charge in [0.25, 0.3) is 5.91 Å². The molecule has 0 radical (unpaired) electrons. The minimum absolute atomic E-state index is 0.246.